The van der Waals surface area contributed by atoms with Gasteiger partial charge in [0.05, 0.1) is 11.1 Å². The first-order chi connectivity index (χ1) is 9.08. The smallest absolute Gasteiger partial charge is 0.337 e. The number of nitrogens with one attached hydrogen (secondary N) is 1. The number of rotatable bonds is 1. The highest BCUT2D eigenvalue weighted by molar-refractivity contribution is 14.1. The van der Waals surface area contributed by atoms with Crippen LogP contribution in [0.25, 0.3) is 21.8 Å². The Hall–Kier alpha value is -1.89. The Morgan fingerprint density at radius 3 is 2.63 bits per heavy atom. The van der Waals surface area contributed by atoms with Gasteiger partial charge >= 0.3 is 5.97 Å². The number of carboxylic acid groups (broad SMARTS) is 1. The Morgan fingerprint density at radius 1 is 1.16 bits per heavy atom. The number of carboxylic acids is 1. The van der Waals surface area contributed by atoms with Crippen molar-refractivity contribution in [3.8, 4) is 0 Å². The summed E-state index contributed by atoms with van der Waals surface area (Å²) >= 11 is 2.01. The Kier molecular flexibility index (Phi) is 2.78. The third-order valence-corrected chi connectivity index (χ3v) is 3.63. The molecule has 2 N–H and O–H groups in total. The van der Waals surface area contributed by atoms with Crippen molar-refractivity contribution in [1.82, 2.24) is 4.98 Å². The van der Waals surface area contributed by atoms with Gasteiger partial charge in [-0.2, -0.15) is 0 Å². The monoisotopic (exact) mass is 365 g/mol. The number of hydrogen-bond donors (Lipinski definition) is 2. The molecule has 0 aliphatic rings. The van der Waals surface area contributed by atoms with Gasteiger partial charge in [0.1, 0.15) is 0 Å². The van der Waals surface area contributed by atoms with Gasteiger partial charge in [-0.05, 0) is 46.9 Å². The van der Waals surface area contributed by atoms with Crippen molar-refractivity contribution < 1.29 is 9.90 Å². The largest absolute Gasteiger partial charge is 0.478 e. The van der Waals surface area contributed by atoms with Gasteiger partial charge in [-0.3, -0.25) is 4.79 Å². The van der Waals surface area contributed by atoms with Crippen LogP contribution in [0.4, 0.5) is 0 Å². The maximum absolute atomic E-state index is 12.4. The maximum atomic E-state index is 12.4. The van der Waals surface area contributed by atoms with Gasteiger partial charge in [0.15, 0.2) is 5.43 Å². The molecule has 3 aromatic rings. The Bertz CT molecular complexity index is 883. The molecule has 0 aliphatic carbocycles. The first kappa shape index (κ1) is 12.2. The molecule has 4 nitrogen and oxygen atoms in total. The predicted molar refractivity (Wildman–Crippen MR) is 81.8 cm³/mol. The van der Waals surface area contributed by atoms with Crippen molar-refractivity contribution in [3.63, 3.8) is 0 Å². The second kappa shape index (κ2) is 4.34. The fourth-order valence-corrected chi connectivity index (χ4v) is 2.78. The van der Waals surface area contributed by atoms with Crippen LogP contribution in [-0.4, -0.2) is 16.1 Å². The van der Waals surface area contributed by atoms with Gasteiger partial charge < -0.3 is 10.1 Å². The number of benzene rings is 2. The molecule has 2 aromatic carbocycles. The highest BCUT2D eigenvalue weighted by Gasteiger charge is 2.14. The summed E-state index contributed by atoms with van der Waals surface area (Å²) in [5.74, 6) is -1.05. The predicted octanol–water partition coefficient (Wildman–Crippen LogP) is 2.98. The van der Waals surface area contributed by atoms with Gasteiger partial charge in [0.2, 0.25) is 0 Å². The number of aromatic carboxylic acids is 1. The summed E-state index contributed by atoms with van der Waals surface area (Å²) in [6, 6.07) is 10.3. The van der Waals surface area contributed by atoms with E-state index in [9.17, 15) is 14.7 Å². The van der Waals surface area contributed by atoms with E-state index in [4.69, 9.17) is 0 Å². The van der Waals surface area contributed by atoms with Gasteiger partial charge in [0, 0.05) is 19.9 Å². The number of carbonyl (C=O) groups is 1. The molecule has 5 heteroatoms. The van der Waals surface area contributed by atoms with Gasteiger partial charge in [0.25, 0.3) is 0 Å². The molecule has 1 heterocycles. The molecule has 94 valence electrons. The maximum Gasteiger partial charge on any atom is 0.337 e. The van der Waals surface area contributed by atoms with E-state index >= 15 is 0 Å². The summed E-state index contributed by atoms with van der Waals surface area (Å²) in [7, 11) is 0. The number of fused-ring (bicyclic) bond motifs is 2. The van der Waals surface area contributed by atoms with Crippen LogP contribution in [0.15, 0.2) is 41.2 Å². The van der Waals surface area contributed by atoms with Crippen LogP contribution in [0, 0.1) is 3.57 Å². The van der Waals surface area contributed by atoms with E-state index in [0.717, 1.165) is 3.57 Å². The van der Waals surface area contributed by atoms with Crippen molar-refractivity contribution in [3.05, 3.63) is 55.8 Å². The molecule has 1 aromatic heterocycles. The summed E-state index contributed by atoms with van der Waals surface area (Å²) in [5.41, 5.74) is 0.982. The van der Waals surface area contributed by atoms with E-state index in [1.165, 1.54) is 0 Å². The third kappa shape index (κ3) is 1.90. The lowest BCUT2D eigenvalue weighted by atomic mass is 10.1. The number of pyridine rings is 1. The molecule has 0 atom stereocenters. The van der Waals surface area contributed by atoms with E-state index in [2.05, 4.69) is 4.98 Å². The first-order valence-corrected chi connectivity index (χ1v) is 6.63. The van der Waals surface area contributed by atoms with Crippen molar-refractivity contribution in [2.75, 3.05) is 0 Å². The molecule has 0 amide bonds. The van der Waals surface area contributed by atoms with Crippen LogP contribution in [0.3, 0.4) is 0 Å². The molecule has 0 aliphatic heterocycles. The molecular weight excluding hydrogens is 357 g/mol. The highest BCUT2D eigenvalue weighted by atomic mass is 127. The van der Waals surface area contributed by atoms with E-state index < -0.39 is 5.97 Å². The molecule has 0 bridgehead atoms. The zero-order valence-corrected chi connectivity index (χ0v) is 11.8. The van der Waals surface area contributed by atoms with Crippen molar-refractivity contribution in [2.45, 2.75) is 0 Å². The highest BCUT2D eigenvalue weighted by Crippen LogP contribution is 2.21. The van der Waals surface area contributed by atoms with Gasteiger partial charge in [-0.25, -0.2) is 4.79 Å². The standard InChI is InChI=1S/C14H8INO3/c15-7-5-9-12(10(6-7)14(18)19)16-11-4-2-1-3-8(11)13(9)17/h1-6H,(H,16,17)(H,18,19). The van der Waals surface area contributed by atoms with E-state index in [0.29, 0.717) is 21.8 Å². The Labute approximate surface area is 121 Å². The SMILES string of the molecule is O=C(O)c1cc(I)cc2c(=O)c3ccccc3[nH]c12. The molecule has 0 spiro atoms. The van der Waals surface area contributed by atoms with E-state index in [1.807, 2.05) is 22.6 Å². The van der Waals surface area contributed by atoms with Gasteiger partial charge in [-0.15, -0.1) is 0 Å². The fraction of sp³-hybridized carbons (Fsp3) is 0. The molecule has 19 heavy (non-hydrogen) atoms. The average Bonchev–Trinajstić information content (AvgIpc) is 2.39. The Morgan fingerprint density at radius 2 is 1.89 bits per heavy atom. The summed E-state index contributed by atoms with van der Waals surface area (Å²) in [4.78, 5) is 26.7. The lowest BCUT2D eigenvalue weighted by molar-refractivity contribution is 0.0699. The fourth-order valence-electron chi connectivity index (χ4n) is 2.16. The van der Waals surface area contributed by atoms with Crippen molar-refractivity contribution in [2.24, 2.45) is 0 Å². The number of hydrogen-bond acceptors (Lipinski definition) is 2. The second-order valence-corrected chi connectivity index (χ2v) is 5.43. The molecule has 0 radical (unpaired) electrons. The third-order valence-electron chi connectivity index (χ3n) is 3.01. The summed E-state index contributed by atoms with van der Waals surface area (Å²) in [6.45, 7) is 0. The molecule has 0 saturated carbocycles. The topological polar surface area (TPSA) is 70.2 Å². The number of H-pyrrole nitrogens is 1. The van der Waals surface area contributed by atoms with Crippen LogP contribution < -0.4 is 5.43 Å². The number of aromatic amines is 1. The minimum Gasteiger partial charge on any atom is -0.478 e. The van der Waals surface area contributed by atoms with Crippen LogP contribution in [0.1, 0.15) is 10.4 Å². The van der Waals surface area contributed by atoms with Crippen molar-refractivity contribution in [1.29, 1.82) is 0 Å². The van der Waals surface area contributed by atoms with Crippen LogP contribution in [0.2, 0.25) is 0 Å². The second-order valence-electron chi connectivity index (χ2n) is 4.18. The molecule has 0 unspecified atom stereocenters. The molecule has 3 rings (SSSR count). The van der Waals surface area contributed by atoms with Crippen LogP contribution >= 0.6 is 22.6 Å². The minimum absolute atomic E-state index is 0.116. The molecule has 0 saturated heterocycles. The molecular formula is C14H8INO3. The van der Waals surface area contributed by atoms with Crippen molar-refractivity contribution >= 4 is 50.4 Å². The lowest BCUT2D eigenvalue weighted by Gasteiger charge is -2.06. The summed E-state index contributed by atoms with van der Waals surface area (Å²) < 4.78 is 0.725. The summed E-state index contributed by atoms with van der Waals surface area (Å²) in [6.07, 6.45) is 0. The van der Waals surface area contributed by atoms with Gasteiger partial charge in [-0.1, -0.05) is 12.1 Å². The van der Waals surface area contributed by atoms with E-state index in [-0.39, 0.29) is 11.0 Å². The zero-order valence-electron chi connectivity index (χ0n) is 9.61. The van der Waals surface area contributed by atoms with Crippen LogP contribution in [0.5, 0.6) is 0 Å². The first-order valence-electron chi connectivity index (χ1n) is 5.55. The van der Waals surface area contributed by atoms with Crippen LogP contribution in [-0.2, 0) is 0 Å². The average molecular weight is 365 g/mol. The lowest BCUT2D eigenvalue weighted by Crippen LogP contribution is -2.08. The molecule has 0 fully saturated rings. The minimum atomic E-state index is -1.05. The summed E-state index contributed by atoms with van der Waals surface area (Å²) in [5, 5.41) is 10.2. The number of aromatic nitrogens is 1. The number of para-hydroxylation sites is 1. The normalized spacial score (nSPS) is 11.0. The quantitative estimate of drug-likeness (QED) is 0.515. The Balaban J connectivity index is 2.61. The zero-order chi connectivity index (χ0) is 13.6. The number of halogens is 1. The van der Waals surface area contributed by atoms with E-state index in [1.54, 1.807) is 36.4 Å².